The average Bonchev–Trinajstić information content (AvgIpc) is 2.99. The Labute approximate surface area is 156 Å². The highest BCUT2D eigenvalue weighted by atomic mass is 16.1. The van der Waals surface area contributed by atoms with Crippen LogP contribution in [-0.2, 0) is 4.79 Å². The third-order valence-electron chi connectivity index (χ3n) is 5.26. The molecule has 3 rings (SSSR count). The van der Waals surface area contributed by atoms with E-state index in [4.69, 9.17) is 0 Å². The van der Waals surface area contributed by atoms with Crippen LogP contribution in [0.3, 0.4) is 0 Å². The van der Waals surface area contributed by atoms with Crippen molar-refractivity contribution in [3.8, 4) is 5.69 Å². The SMILES string of the molecule is Cc1cc(C)n(-c2ccc(C(C)NC(=O)CCC3CCNCC3)cc2)n1. The van der Waals surface area contributed by atoms with Crippen molar-refractivity contribution >= 4 is 5.91 Å². The molecule has 1 unspecified atom stereocenters. The van der Waals surface area contributed by atoms with E-state index in [1.54, 1.807) is 0 Å². The molecule has 5 nitrogen and oxygen atoms in total. The molecule has 0 saturated carbocycles. The lowest BCUT2D eigenvalue weighted by molar-refractivity contribution is -0.122. The van der Waals surface area contributed by atoms with E-state index < -0.39 is 0 Å². The van der Waals surface area contributed by atoms with Crippen LogP contribution >= 0.6 is 0 Å². The van der Waals surface area contributed by atoms with Crippen LogP contribution < -0.4 is 10.6 Å². The first-order valence-electron chi connectivity index (χ1n) is 9.66. The first-order chi connectivity index (χ1) is 12.5. The number of rotatable bonds is 6. The summed E-state index contributed by atoms with van der Waals surface area (Å²) in [5.74, 6) is 0.844. The number of amides is 1. The molecule has 140 valence electrons. The first kappa shape index (κ1) is 18.6. The number of piperidine rings is 1. The Balaban J connectivity index is 1.53. The van der Waals surface area contributed by atoms with Gasteiger partial charge in [0.05, 0.1) is 17.4 Å². The van der Waals surface area contributed by atoms with E-state index in [-0.39, 0.29) is 11.9 Å². The van der Waals surface area contributed by atoms with Gasteiger partial charge in [0.2, 0.25) is 5.91 Å². The van der Waals surface area contributed by atoms with Gasteiger partial charge in [-0.15, -0.1) is 0 Å². The van der Waals surface area contributed by atoms with Crippen molar-refractivity contribution in [2.75, 3.05) is 13.1 Å². The van der Waals surface area contributed by atoms with Crippen LogP contribution in [0.1, 0.15) is 55.6 Å². The van der Waals surface area contributed by atoms with Crippen molar-refractivity contribution in [3.05, 3.63) is 47.3 Å². The van der Waals surface area contributed by atoms with E-state index in [9.17, 15) is 4.79 Å². The first-order valence-corrected chi connectivity index (χ1v) is 9.66. The molecule has 5 heteroatoms. The van der Waals surface area contributed by atoms with Crippen molar-refractivity contribution in [2.45, 2.75) is 52.5 Å². The number of nitrogens with one attached hydrogen (secondary N) is 2. The zero-order chi connectivity index (χ0) is 18.5. The molecular formula is C21H30N4O. The fourth-order valence-corrected chi connectivity index (χ4v) is 3.70. The maximum absolute atomic E-state index is 12.3. The summed E-state index contributed by atoms with van der Waals surface area (Å²) in [6, 6.07) is 10.4. The molecule has 1 amide bonds. The fourth-order valence-electron chi connectivity index (χ4n) is 3.70. The second-order valence-corrected chi connectivity index (χ2v) is 7.45. The molecule has 0 aliphatic carbocycles. The van der Waals surface area contributed by atoms with Crippen molar-refractivity contribution in [2.24, 2.45) is 5.92 Å². The molecule has 26 heavy (non-hydrogen) atoms. The lowest BCUT2D eigenvalue weighted by Gasteiger charge is -2.22. The Morgan fingerprint density at radius 1 is 1.27 bits per heavy atom. The molecule has 2 N–H and O–H groups in total. The largest absolute Gasteiger partial charge is 0.350 e. The quantitative estimate of drug-likeness (QED) is 0.835. The minimum Gasteiger partial charge on any atom is -0.350 e. The van der Waals surface area contributed by atoms with Crippen molar-refractivity contribution < 1.29 is 4.79 Å². The average molecular weight is 354 g/mol. The highest BCUT2D eigenvalue weighted by Gasteiger charge is 2.16. The summed E-state index contributed by atoms with van der Waals surface area (Å²) in [5.41, 5.74) is 4.30. The van der Waals surface area contributed by atoms with Gasteiger partial charge in [-0.3, -0.25) is 4.79 Å². The van der Waals surface area contributed by atoms with Crippen LogP contribution in [-0.4, -0.2) is 28.8 Å². The second kappa shape index (κ2) is 8.49. The van der Waals surface area contributed by atoms with E-state index in [0.717, 1.165) is 42.1 Å². The van der Waals surface area contributed by atoms with E-state index >= 15 is 0 Å². The Morgan fingerprint density at radius 2 is 1.96 bits per heavy atom. The molecule has 1 fully saturated rings. The highest BCUT2D eigenvalue weighted by Crippen LogP contribution is 2.20. The van der Waals surface area contributed by atoms with Crippen LogP contribution in [0.15, 0.2) is 30.3 Å². The summed E-state index contributed by atoms with van der Waals surface area (Å²) in [6.07, 6.45) is 4.00. The van der Waals surface area contributed by atoms with Crippen molar-refractivity contribution in [3.63, 3.8) is 0 Å². The van der Waals surface area contributed by atoms with Crippen LogP contribution in [0.25, 0.3) is 5.69 Å². The van der Waals surface area contributed by atoms with Gasteiger partial charge >= 0.3 is 0 Å². The molecule has 1 aliphatic rings. The molecule has 1 aliphatic heterocycles. The molecule has 2 heterocycles. The van der Waals surface area contributed by atoms with Gasteiger partial charge in [-0.25, -0.2) is 4.68 Å². The molecule has 1 atom stereocenters. The fraction of sp³-hybridized carbons (Fsp3) is 0.524. The molecule has 1 aromatic carbocycles. The molecule has 1 saturated heterocycles. The molecule has 2 aromatic rings. The minimum absolute atomic E-state index is 0.0185. The van der Waals surface area contributed by atoms with Crippen LogP contribution in [0, 0.1) is 19.8 Å². The van der Waals surface area contributed by atoms with Crippen molar-refractivity contribution in [1.29, 1.82) is 0 Å². The number of hydrogen-bond acceptors (Lipinski definition) is 3. The number of benzene rings is 1. The molecule has 0 spiro atoms. The zero-order valence-corrected chi connectivity index (χ0v) is 16.1. The smallest absolute Gasteiger partial charge is 0.220 e. The predicted molar refractivity (Wildman–Crippen MR) is 104 cm³/mol. The van der Waals surface area contributed by atoms with Gasteiger partial charge in [-0.05, 0) is 82.8 Å². The van der Waals surface area contributed by atoms with E-state index in [1.807, 2.05) is 18.5 Å². The van der Waals surface area contributed by atoms with Crippen LogP contribution in [0.5, 0.6) is 0 Å². The number of carbonyl (C=O) groups excluding carboxylic acids is 1. The maximum Gasteiger partial charge on any atom is 0.220 e. The topological polar surface area (TPSA) is 59.0 Å². The van der Waals surface area contributed by atoms with Gasteiger partial charge in [-0.1, -0.05) is 12.1 Å². The number of nitrogens with zero attached hydrogens (tertiary/aromatic N) is 2. The van der Waals surface area contributed by atoms with Gasteiger partial charge in [0.25, 0.3) is 0 Å². The third-order valence-corrected chi connectivity index (χ3v) is 5.26. The Hall–Kier alpha value is -2.14. The standard InChI is InChI=1S/C21H30N4O/c1-15-14-16(2)25(24-15)20-7-5-19(6-8-20)17(3)23-21(26)9-4-18-10-12-22-13-11-18/h5-8,14,17-18,22H,4,9-13H2,1-3H3,(H,23,26). The molecule has 0 bridgehead atoms. The Kier molecular flexibility index (Phi) is 6.09. The van der Waals surface area contributed by atoms with Crippen LogP contribution in [0.2, 0.25) is 0 Å². The lowest BCUT2D eigenvalue weighted by atomic mass is 9.93. The number of aryl methyl sites for hydroxylation is 2. The molecular weight excluding hydrogens is 324 g/mol. The summed E-state index contributed by atoms with van der Waals surface area (Å²) >= 11 is 0. The number of hydrogen-bond donors (Lipinski definition) is 2. The highest BCUT2D eigenvalue weighted by molar-refractivity contribution is 5.76. The Bertz CT molecular complexity index is 729. The monoisotopic (exact) mass is 354 g/mol. The van der Waals surface area contributed by atoms with Gasteiger partial charge in [0.1, 0.15) is 0 Å². The summed E-state index contributed by atoms with van der Waals surface area (Å²) in [5, 5.41) is 11.0. The van der Waals surface area contributed by atoms with Crippen molar-refractivity contribution in [1.82, 2.24) is 20.4 Å². The van der Waals surface area contributed by atoms with Gasteiger partial charge in [0, 0.05) is 12.1 Å². The minimum atomic E-state index is 0.0185. The van der Waals surface area contributed by atoms with E-state index in [0.29, 0.717) is 12.3 Å². The normalized spacial score (nSPS) is 16.4. The number of carbonyl (C=O) groups is 1. The zero-order valence-electron chi connectivity index (χ0n) is 16.1. The summed E-state index contributed by atoms with van der Waals surface area (Å²) in [7, 11) is 0. The molecule has 1 aromatic heterocycles. The number of aromatic nitrogens is 2. The summed E-state index contributed by atoms with van der Waals surface area (Å²) in [6.45, 7) is 8.27. The van der Waals surface area contributed by atoms with Gasteiger partial charge < -0.3 is 10.6 Å². The van der Waals surface area contributed by atoms with Gasteiger partial charge in [-0.2, -0.15) is 5.10 Å². The van der Waals surface area contributed by atoms with Gasteiger partial charge in [0.15, 0.2) is 0 Å². The predicted octanol–water partition coefficient (Wildman–Crippen LogP) is 3.45. The lowest BCUT2D eigenvalue weighted by Crippen LogP contribution is -2.30. The summed E-state index contributed by atoms with van der Waals surface area (Å²) < 4.78 is 1.95. The second-order valence-electron chi connectivity index (χ2n) is 7.45. The molecule has 0 radical (unpaired) electrons. The maximum atomic E-state index is 12.3. The van der Waals surface area contributed by atoms with Crippen LogP contribution in [0.4, 0.5) is 0 Å². The summed E-state index contributed by atoms with van der Waals surface area (Å²) in [4.78, 5) is 12.3. The third kappa shape index (κ3) is 4.73. The van der Waals surface area contributed by atoms with E-state index in [2.05, 4.69) is 53.0 Å². The van der Waals surface area contributed by atoms with E-state index in [1.165, 1.54) is 12.8 Å². The Morgan fingerprint density at radius 3 is 2.58 bits per heavy atom.